The van der Waals surface area contributed by atoms with E-state index in [1.54, 1.807) is 0 Å². The van der Waals surface area contributed by atoms with Gasteiger partial charge in [0.05, 0.1) is 12.4 Å². The summed E-state index contributed by atoms with van der Waals surface area (Å²) in [6.07, 6.45) is 25.2. The van der Waals surface area contributed by atoms with Crippen molar-refractivity contribution in [1.29, 1.82) is 0 Å². The molecular formula is C23H45N3. The molecule has 3 nitrogen and oxygen atoms in total. The van der Waals surface area contributed by atoms with Gasteiger partial charge in [0.25, 0.3) is 0 Å². The average molecular weight is 364 g/mol. The third-order valence-corrected chi connectivity index (χ3v) is 5.35. The van der Waals surface area contributed by atoms with Crippen LogP contribution in [0.3, 0.4) is 0 Å². The van der Waals surface area contributed by atoms with Crippen LogP contribution >= 0.6 is 0 Å². The summed E-state index contributed by atoms with van der Waals surface area (Å²) in [6.45, 7) is 6.00. The summed E-state index contributed by atoms with van der Waals surface area (Å²) in [5.41, 5.74) is 5.66. The summed E-state index contributed by atoms with van der Waals surface area (Å²) in [6, 6.07) is 0. The second-order valence-corrected chi connectivity index (χ2v) is 7.73. The van der Waals surface area contributed by atoms with Crippen LogP contribution in [0.2, 0.25) is 0 Å². The van der Waals surface area contributed by atoms with Crippen LogP contribution in [0, 0.1) is 0 Å². The molecule has 0 aromatic carbocycles. The third kappa shape index (κ3) is 12.5. The summed E-state index contributed by atoms with van der Waals surface area (Å²) in [4.78, 5) is 7.00. The first kappa shape index (κ1) is 23.2. The molecule has 0 saturated heterocycles. The molecule has 0 aliphatic carbocycles. The molecule has 1 heterocycles. The lowest BCUT2D eigenvalue weighted by atomic mass is 10.0. The van der Waals surface area contributed by atoms with Crippen molar-refractivity contribution in [2.45, 2.75) is 103 Å². The largest absolute Gasteiger partial charge is 0.357 e. The molecule has 0 bridgehead atoms. The van der Waals surface area contributed by atoms with Gasteiger partial charge in [-0.25, -0.2) is 0 Å². The second kappa shape index (κ2) is 17.6. The maximum absolute atomic E-state index is 5.66. The van der Waals surface area contributed by atoms with Crippen LogP contribution < -0.4 is 5.73 Å². The normalized spacial score (nSPS) is 14.5. The van der Waals surface area contributed by atoms with Crippen molar-refractivity contribution in [1.82, 2.24) is 4.90 Å². The van der Waals surface area contributed by atoms with E-state index in [0.29, 0.717) is 0 Å². The van der Waals surface area contributed by atoms with Gasteiger partial charge in [0.2, 0.25) is 0 Å². The van der Waals surface area contributed by atoms with Gasteiger partial charge in [-0.15, -0.1) is 0 Å². The Bertz CT molecular complexity index is 362. The van der Waals surface area contributed by atoms with Gasteiger partial charge in [0, 0.05) is 26.1 Å². The summed E-state index contributed by atoms with van der Waals surface area (Å²) < 4.78 is 0. The highest BCUT2D eigenvalue weighted by Gasteiger charge is 2.14. The molecule has 0 spiro atoms. The number of rotatable bonds is 18. The molecule has 2 N–H and O–H groups in total. The Balaban J connectivity index is 1.77. The van der Waals surface area contributed by atoms with Gasteiger partial charge in [-0.2, -0.15) is 0 Å². The number of nitrogens with two attached hydrogens (primary N) is 1. The lowest BCUT2D eigenvalue weighted by Crippen LogP contribution is -2.32. The molecule has 3 heteroatoms. The predicted molar refractivity (Wildman–Crippen MR) is 117 cm³/mol. The minimum Gasteiger partial charge on any atom is -0.357 e. The molecule has 1 rings (SSSR count). The molecule has 0 atom stereocenters. The lowest BCUT2D eigenvalue weighted by Gasteiger charge is -2.19. The number of aliphatic imine (C=N–C) groups is 1. The Labute approximate surface area is 163 Å². The topological polar surface area (TPSA) is 41.6 Å². The van der Waals surface area contributed by atoms with Crippen molar-refractivity contribution in [3.8, 4) is 0 Å². The first-order valence-corrected chi connectivity index (χ1v) is 11.5. The summed E-state index contributed by atoms with van der Waals surface area (Å²) in [5, 5.41) is 0. The Morgan fingerprint density at radius 1 is 0.846 bits per heavy atom. The molecule has 26 heavy (non-hydrogen) atoms. The highest BCUT2D eigenvalue weighted by Crippen LogP contribution is 2.14. The second-order valence-electron chi connectivity index (χ2n) is 7.73. The SMILES string of the molecule is CC/C=C/CCCCCCCCCCCCCCC1=NCCN1CCN. The zero-order valence-electron chi connectivity index (χ0n) is 17.6. The van der Waals surface area contributed by atoms with E-state index in [0.717, 1.165) is 32.6 Å². The highest BCUT2D eigenvalue weighted by atomic mass is 15.2. The summed E-state index contributed by atoms with van der Waals surface area (Å²) in [7, 11) is 0. The van der Waals surface area contributed by atoms with Crippen molar-refractivity contribution in [3.63, 3.8) is 0 Å². The number of amidine groups is 1. The summed E-state index contributed by atoms with van der Waals surface area (Å²) >= 11 is 0. The Morgan fingerprint density at radius 3 is 2.00 bits per heavy atom. The molecule has 1 aliphatic rings. The van der Waals surface area contributed by atoms with E-state index in [1.807, 2.05) is 0 Å². The fourth-order valence-electron chi connectivity index (χ4n) is 3.76. The van der Waals surface area contributed by atoms with E-state index in [1.165, 1.54) is 95.7 Å². The Hall–Kier alpha value is -0.830. The van der Waals surface area contributed by atoms with E-state index in [9.17, 15) is 0 Å². The van der Waals surface area contributed by atoms with E-state index >= 15 is 0 Å². The van der Waals surface area contributed by atoms with Gasteiger partial charge in [0.15, 0.2) is 0 Å². The fourth-order valence-corrected chi connectivity index (χ4v) is 3.76. The van der Waals surface area contributed by atoms with Gasteiger partial charge >= 0.3 is 0 Å². The number of nitrogens with zero attached hydrogens (tertiary/aromatic N) is 2. The monoisotopic (exact) mass is 363 g/mol. The molecule has 0 saturated carbocycles. The fraction of sp³-hybridized carbons (Fsp3) is 0.870. The molecule has 0 unspecified atom stereocenters. The van der Waals surface area contributed by atoms with Gasteiger partial charge < -0.3 is 10.6 Å². The zero-order valence-corrected chi connectivity index (χ0v) is 17.6. The molecule has 0 radical (unpaired) electrons. The number of unbranched alkanes of at least 4 members (excludes halogenated alkanes) is 12. The standard InChI is InChI=1S/C23H45N3/c1-2-3-4-5-6-7-8-9-10-11-12-13-14-15-16-17-18-23-25-20-22-26(23)21-19-24/h3-4H,2,5-22,24H2,1H3/b4-3+. The number of allylic oxidation sites excluding steroid dienone is 2. The van der Waals surface area contributed by atoms with Crippen LogP contribution in [0.4, 0.5) is 0 Å². The predicted octanol–water partition coefficient (Wildman–Crippen LogP) is 6.09. The molecular weight excluding hydrogens is 318 g/mol. The van der Waals surface area contributed by atoms with Crippen LogP contribution in [-0.2, 0) is 0 Å². The molecule has 0 aromatic heterocycles. The van der Waals surface area contributed by atoms with Gasteiger partial charge in [-0.1, -0.05) is 83.3 Å². The first-order valence-electron chi connectivity index (χ1n) is 11.5. The maximum Gasteiger partial charge on any atom is 0.0990 e. The van der Waals surface area contributed by atoms with Crippen molar-refractivity contribution in [2.24, 2.45) is 10.7 Å². The average Bonchev–Trinajstić information content (AvgIpc) is 3.09. The van der Waals surface area contributed by atoms with Crippen LogP contribution in [0.15, 0.2) is 17.1 Å². The number of hydrogen-bond donors (Lipinski definition) is 1. The smallest absolute Gasteiger partial charge is 0.0990 e. The zero-order chi connectivity index (χ0) is 18.7. The molecule has 1 aliphatic heterocycles. The van der Waals surface area contributed by atoms with E-state index in [-0.39, 0.29) is 0 Å². The van der Waals surface area contributed by atoms with Gasteiger partial charge in [0.1, 0.15) is 0 Å². The van der Waals surface area contributed by atoms with Crippen LogP contribution in [0.5, 0.6) is 0 Å². The van der Waals surface area contributed by atoms with E-state index < -0.39 is 0 Å². The first-order chi connectivity index (χ1) is 12.9. The quantitative estimate of drug-likeness (QED) is 0.236. The highest BCUT2D eigenvalue weighted by molar-refractivity contribution is 5.83. The van der Waals surface area contributed by atoms with Crippen molar-refractivity contribution >= 4 is 5.84 Å². The summed E-state index contributed by atoms with van der Waals surface area (Å²) in [5.74, 6) is 1.32. The Kier molecular flexibility index (Phi) is 15.7. The molecule has 0 fully saturated rings. The Morgan fingerprint density at radius 2 is 1.42 bits per heavy atom. The number of hydrogen-bond acceptors (Lipinski definition) is 3. The van der Waals surface area contributed by atoms with Crippen molar-refractivity contribution < 1.29 is 0 Å². The van der Waals surface area contributed by atoms with E-state index in [4.69, 9.17) is 5.73 Å². The molecule has 152 valence electrons. The third-order valence-electron chi connectivity index (χ3n) is 5.35. The van der Waals surface area contributed by atoms with Crippen molar-refractivity contribution in [2.75, 3.05) is 26.2 Å². The van der Waals surface area contributed by atoms with Gasteiger partial charge in [-0.05, 0) is 25.7 Å². The maximum atomic E-state index is 5.66. The lowest BCUT2D eigenvalue weighted by molar-refractivity contribution is 0.455. The van der Waals surface area contributed by atoms with Crippen LogP contribution in [0.1, 0.15) is 103 Å². The van der Waals surface area contributed by atoms with Crippen molar-refractivity contribution in [3.05, 3.63) is 12.2 Å². The molecule has 0 aromatic rings. The van der Waals surface area contributed by atoms with Crippen LogP contribution in [-0.4, -0.2) is 36.9 Å². The molecule has 0 amide bonds. The van der Waals surface area contributed by atoms with Crippen LogP contribution in [0.25, 0.3) is 0 Å². The minimum atomic E-state index is 0.745. The van der Waals surface area contributed by atoms with E-state index in [2.05, 4.69) is 29.0 Å². The minimum absolute atomic E-state index is 0.745. The van der Waals surface area contributed by atoms with Gasteiger partial charge in [-0.3, -0.25) is 4.99 Å².